The second-order valence-electron chi connectivity index (χ2n) is 4.27. The van der Waals surface area contributed by atoms with Crippen molar-refractivity contribution in [2.75, 3.05) is 17.1 Å². The molecule has 0 radical (unpaired) electrons. The van der Waals surface area contributed by atoms with Crippen LogP contribution in [-0.4, -0.2) is 15.5 Å². The predicted octanol–water partition coefficient (Wildman–Crippen LogP) is 2.51. The minimum absolute atomic E-state index is 0.0303. The van der Waals surface area contributed by atoms with Crippen molar-refractivity contribution in [3.05, 3.63) is 53.8 Å². The van der Waals surface area contributed by atoms with Gasteiger partial charge in [0.25, 0.3) is 10.0 Å². The number of nitrogen functional groups attached to an aromatic ring is 1. The summed E-state index contributed by atoms with van der Waals surface area (Å²) in [6, 6.07) is 6.19. The van der Waals surface area contributed by atoms with E-state index in [-0.39, 0.29) is 11.4 Å². The van der Waals surface area contributed by atoms with Gasteiger partial charge in [-0.3, -0.25) is 4.31 Å². The Morgan fingerprint density at radius 3 is 2.38 bits per heavy atom. The van der Waals surface area contributed by atoms with Gasteiger partial charge in [0.15, 0.2) is 11.6 Å². The van der Waals surface area contributed by atoms with Gasteiger partial charge in [-0.15, -0.1) is 0 Å². The highest BCUT2D eigenvalue weighted by Gasteiger charge is 2.27. The van der Waals surface area contributed by atoms with Gasteiger partial charge in [0, 0.05) is 12.7 Å². The van der Waals surface area contributed by atoms with Crippen LogP contribution in [-0.2, 0) is 10.0 Å². The largest absolute Gasteiger partial charge is 0.399 e. The molecule has 2 rings (SSSR count). The van der Waals surface area contributed by atoms with Gasteiger partial charge in [-0.1, -0.05) is 6.07 Å². The Morgan fingerprint density at radius 1 is 1.10 bits per heavy atom. The van der Waals surface area contributed by atoms with Crippen molar-refractivity contribution in [2.24, 2.45) is 0 Å². The van der Waals surface area contributed by atoms with Gasteiger partial charge in [0.1, 0.15) is 10.7 Å². The first-order valence-corrected chi connectivity index (χ1v) is 7.16. The molecule has 2 N–H and O–H groups in total. The first-order chi connectivity index (χ1) is 9.73. The smallest absolute Gasteiger partial charge is 0.267 e. The normalized spacial score (nSPS) is 11.4. The number of nitrogens with two attached hydrogens (primary N) is 1. The highest BCUT2D eigenvalue weighted by molar-refractivity contribution is 7.92. The summed E-state index contributed by atoms with van der Waals surface area (Å²) in [4.78, 5) is -0.910. The number of hydrogen-bond donors (Lipinski definition) is 1. The molecule has 0 fully saturated rings. The Balaban J connectivity index is 2.57. The molecule has 0 amide bonds. The summed E-state index contributed by atoms with van der Waals surface area (Å²) in [6.45, 7) is 0. The molecular weight excluding hydrogens is 305 g/mol. The van der Waals surface area contributed by atoms with Crippen LogP contribution in [0.4, 0.5) is 24.5 Å². The zero-order chi connectivity index (χ0) is 15.8. The van der Waals surface area contributed by atoms with E-state index in [2.05, 4.69) is 0 Å². The van der Waals surface area contributed by atoms with Crippen LogP contribution < -0.4 is 10.0 Å². The third kappa shape index (κ3) is 2.80. The van der Waals surface area contributed by atoms with Gasteiger partial charge in [-0.05, 0) is 30.3 Å². The molecule has 0 heterocycles. The summed E-state index contributed by atoms with van der Waals surface area (Å²) in [6.07, 6.45) is 0. The second-order valence-corrected chi connectivity index (χ2v) is 6.20. The highest BCUT2D eigenvalue weighted by atomic mass is 32.2. The lowest BCUT2D eigenvalue weighted by Gasteiger charge is -2.20. The molecule has 112 valence electrons. The number of hydrogen-bond acceptors (Lipinski definition) is 3. The summed E-state index contributed by atoms with van der Waals surface area (Å²) in [5.41, 5.74) is 5.07. The summed E-state index contributed by atoms with van der Waals surface area (Å²) < 4.78 is 65.4. The number of rotatable bonds is 3. The third-order valence-electron chi connectivity index (χ3n) is 2.83. The first kappa shape index (κ1) is 15.2. The Morgan fingerprint density at radius 2 is 1.76 bits per heavy atom. The molecule has 2 aromatic rings. The number of nitrogens with zero attached hydrogens (tertiary/aromatic N) is 1. The maximum Gasteiger partial charge on any atom is 0.267 e. The van der Waals surface area contributed by atoms with Gasteiger partial charge >= 0.3 is 0 Å². The molecule has 21 heavy (non-hydrogen) atoms. The maximum atomic E-state index is 13.7. The fraction of sp³-hybridized carbons (Fsp3) is 0.0769. The van der Waals surface area contributed by atoms with Crippen molar-refractivity contribution in [2.45, 2.75) is 4.90 Å². The molecule has 0 bridgehead atoms. The van der Waals surface area contributed by atoms with Gasteiger partial charge in [0.05, 0.1) is 5.69 Å². The third-order valence-corrected chi connectivity index (χ3v) is 4.61. The molecule has 0 aliphatic heterocycles. The zero-order valence-corrected chi connectivity index (χ0v) is 11.7. The second kappa shape index (κ2) is 5.28. The van der Waals surface area contributed by atoms with Gasteiger partial charge in [-0.2, -0.15) is 0 Å². The van der Waals surface area contributed by atoms with Crippen molar-refractivity contribution in [3.8, 4) is 0 Å². The van der Waals surface area contributed by atoms with E-state index in [9.17, 15) is 21.6 Å². The molecule has 0 aliphatic carbocycles. The van der Waals surface area contributed by atoms with Crippen LogP contribution in [0.15, 0.2) is 41.3 Å². The average molecular weight is 316 g/mol. The van der Waals surface area contributed by atoms with Gasteiger partial charge in [-0.25, -0.2) is 21.6 Å². The van der Waals surface area contributed by atoms with Crippen LogP contribution in [0.5, 0.6) is 0 Å². The Labute approximate surface area is 119 Å². The molecule has 0 atom stereocenters. The van der Waals surface area contributed by atoms with E-state index in [1.54, 1.807) is 0 Å². The monoisotopic (exact) mass is 316 g/mol. The van der Waals surface area contributed by atoms with E-state index in [4.69, 9.17) is 5.73 Å². The predicted molar refractivity (Wildman–Crippen MR) is 72.8 cm³/mol. The standard InChI is InChI=1S/C13H11F3N2O2S/c1-18(10-4-2-3-8(14)5-10)21(19,20)12-7-9(17)6-11(15)13(12)16/h2-7H,17H2,1H3. The van der Waals surface area contributed by atoms with Gasteiger partial charge < -0.3 is 5.73 Å². The minimum atomic E-state index is -4.41. The molecule has 0 aromatic heterocycles. The van der Waals surface area contributed by atoms with E-state index < -0.39 is 32.4 Å². The van der Waals surface area contributed by atoms with Crippen LogP contribution in [0.2, 0.25) is 0 Å². The van der Waals surface area contributed by atoms with Crippen LogP contribution in [0, 0.1) is 17.5 Å². The van der Waals surface area contributed by atoms with E-state index in [0.717, 1.165) is 25.2 Å². The average Bonchev–Trinajstić information content (AvgIpc) is 2.41. The summed E-state index contributed by atoms with van der Waals surface area (Å²) in [5.74, 6) is -3.57. The Kier molecular flexibility index (Phi) is 3.82. The Bertz CT molecular complexity index is 794. The molecule has 0 aliphatic rings. The SMILES string of the molecule is CN(c1cccc(F)c1)S(=O)(=O)c1cc(N)cc(F)c1F. The summed E-state index contributed by atoms with van der Waals surface area (Å²) in [5, 5.41) is 0. The Hall–Kier alpha value is -2.22. The van der Waals surface area contributed by atoms with E-state index in [1.165, 1.54) is 12.1 Å². The van der Waals surface area contributed by atoms with E-state index in [1.807, 2.05) is 0 Å². The number of sulfonamides is 1. The van der Waals surface area contributed by atoms with Crippen LogP contribution >= 0.6 is 0 Å². The molecule has 0 unspecified atom stereocenters. The molecule has 4 nitrogen and oxygen atoms in total. The number of anilines is 2. The molecular formula is C13H11F3N2O2S. The molecule has 2 aromatic carbocycles. The van der Waals surface area contributed by atoms with E-state index >= 15 is 0 Å². The lowest BCUT2D eigenvalue weighted by atomic mass is 10.3. The van der Waals surface area contributed by atoms with Crippen molar-refractivity contribution in [1.29, 1.82) is 0 Å². The van der Waals surface area contributed by atoms with E-state index in [0.29, 0.717) is 10.4 Å². The lowest BCUT2D eigenvalue weighted by molar-refractivity contribution is 0.485. The van der Waals surface area contributed by atoms with Crippen molar-refractivity contribution >= 4 is 21.4 Å². The fourth-order valence-corrected chi connectivity index (χ4v) is 3.02. The van der Waals surface area contributed by atoms with Crippen molar-refractivity contribution < 1.29 is 21.6 Å². The van der Waals surface area contributed by atoms with Crippen LogP contribution in [0.25, 0.3) is 0 Å². The van der Waals surface area contributed by atoms with Crippen molar-refractivity contribution in [1.82, 2.24) is 0 Å². The maximum absolute atomic E-state index is 13.7. The zero-order valence-electron chi connectivity index (χ0n) is 10.8. The van der Waals surface area contributed by atoms with Crippen LogP contribution in [0.3, 0.4) is 0 Å². The van der Waals surface area contributed by atoms with Crippen LogP contribution in [0.1, 0.15) is 0 Å². The number of halogens is 3. The number of benzene rings is 2. The summed E-state index contributed by atoms with van der Waals surface area (Å²) >= 11 is 0. The summed E-state index contributed by atoms with van der Waals surface area (Å²) in [7, 11) is -3.31. The first-order valence-electron chi connectivity index (χ1n) is 5.72. The molecule has 0 saturated heterocycles. The quantitative estimate of drug-likeness (QED) is 0.885. The minimum Gasteiger partial charge on any atom is -0.399 e. The topological polar surface area (TPSA) is 63.4 Å². The molecule has 0 saturated carbocycles. The van der Waals surface area contributed by atoms with Crippen molar-refractivity contribution in [3.63, 3.8) is 0 Å². The fourth-order valence-electron chi connectivity index (χ4n) is 1.73. The molecule has 8 heteroatoms. The molecule has 0 spiro atoms. The van der Waals surface area contributed by atoms with Gasteiger partial charge in [0.2, 0.25) is 0 Å². The highest BCUT2D eigenvalue weighted by Crippen LogP contribution is 2.27. The lowest BCUT2D eigenvalue weighted by Crippen LogP contribution is -2.27.